The van der Waals surface area contributed by atoms with Crippen molar-refractivity contribution >= 4 is 17.8 Å². The number of aliphatic carboxylic acids is 2. The van der Waals surface area contributed by atoms with Crippen LogP contribution in [0.3, 0.4) is 0 Å². The lowest BCUT2D eigenvalue weighted by Crippen LogP contribution is -2.41. The third kappa shape index (κ3) is 11.2. The summed E-state index contributed by atoms with van der Waals surface area (Å²) in [4.78, 5) is 36.6. The number of carbonyl (C=O) groups excluding carboxylic acids is 1. The van der Waals surface area contributed by atoms with Gasteiger partial charge < -0.3 is 24.7 Å². The number of halogens is 6. The molecule has 0 spiro atoms. The largest absolute Gasteiger partial charge is 0.490 e. The predicted octanol–water partition coefficient (Wildman–Crippen LogP) is 3.48. The smallest absolute Gasteiger partial charge is 0.475 e. The van der Waals surface area contributed by atoms with Crippen LogP contribution in [0.4, 0.5) is 26.3 Å². The average molecular weight is 583 g/mol. The number of carboxylic acids is 2. The number of hydrogen-bond donors (Lipinski definition) is 3. The summed E-state index contributed by atoms with van der Waals surface area (Å²) < 4.78 is 74.6. The molecule has 2 aliphatic heterocycles. The topological polar surface area (TPSA) is 142 Å². The minimum Gasteiger partial charge on any atom is -0.475 e. The van der Waals surface area contributed by atoms with E-state index in [0.717, 1.165) is 38.2 Å². The van der Waals surface area contributed by atoms with Gasteiger partial charge in [-0.05, 0) is 36.6 Å². The molecule has 222 valence electrons. The Bertz CT molecular complexity index is 1060. The third-order valence-electron chi connectivity index (χ3n) is 5.95. The molecular weight excluding hydrogens is 556 g/mol. The summed E-state index contributed by atoms with van der Waals surface area (Å²) in [7, 11) is 0. The number of likely N-dealkylation sites (tertiary alicyclic amines) is 1. The second-order valence-electron chi connectivity index (χ2n) is 8.90. The van der Waals surface area contributed by atoms with Gasteiger partial charge in [-0.15, -0.1) is 0 Å². The molecule has 2 fully saturated rings. The van der Waals surface area contributed by atoms with Crippen LogP contribution in [0, 0.1) is 11.8 Å². The van der Waals surface area contributed by atoms with Gasteiger partial charge in [-0.25, -0.2) is 9.59 Å². The lowest BCUT2D eigenvalue weighted by Gasteiger charge is -2.35. The van der Waals surface area contributed by atoms with E-state index in [1.165, 1.54) is 5.56 Å². The first-order chi connectivity index (χ1) is 18.7. The molecule has 1 amide bonds. The fourth-order valence-corrected chi connectivity index (χ4v) is 4.12. The zero-order chi connectivity index (χ0) is 29.9. The van der Waals surface area contributed by atoms with Crippen LogP contribution in [0.2, 0.25) is 0 Å². The summed E-state index contributed by atoms with van der Waals surface area (Å²) in [5, 5.41) is 17.2. The highest BCUT2D eigenvalue weighted by Crippen LogP contribution is 2.36. The Hall–Kier alpha value is -3.66. The summed E-state index contributed by atoms with van der Waals surface area (Å²) >= 11 is 0. The van der Waals surface area contributed by atoms with Crippen molar-refractivity contribution in [2.45, 2.75) is 44.4 Å². The summed E-state index contributed by atoms with van der Waals surface area (Å²) in [6, 6.07) is 5.86. The second kappa shape index (κ2) is 14.6. The first-order valence-electron chi connectivity index (χ1n) is 11.8. The van der Waals surface area contributed by atoms with E-state index in [0.29, 0.717) is 24.8 Å². The van der Waals surface area contributed by atoms with Crippen molar-refractivity contribution in [3.63, 3.8) is 0 Å². The van der Waals surface area contributed by atoms with Gasteiger partial charge in [-0.2, -0.15) is 26.3 Å². The number of piperidine rings is 1. The molecule has 2 aliphatic rings. The minimum absolute atomic E-state index is 0.0463. The number of hydrogen-bond acceptors (Lipinski definition) is 7. The van der Waals surface area contributed by atoms with Gasteiger partial charge in [-0.3, -0.25) is 14.7 Å². The molecule has 2 aromatic rings. The molecule has 10 nitrogen and oxygen atoms in total. The normalized spacial score (nSPS) is 20.7. The monoisotopic (exact) mass is 583 g/mol. The van der Waals surface area contributed by atoms with Gasteiger partial charge in [-0.1, -0.05) is 6.07 Å². The van der Waals surface area contributed by atoms with E-state index in [4.69, 9.17) is 29.0 Å². The highest BCUT2D eigenvalue weighted by Gasteiger charge is 2.41. The van der Waals surface area contributed by atoms with Gasteiger partial charge in [0.2, 0.25) is 5.91 Å². The van der Waals surface area contributed by atoms with Gasteiger partial charge in [0.15, 0.2) is 0 Å². The molecule has 0 radical (unpaired) electrons. The van der Waals surface area contributed by atoms with E-state index >= 15 is 0 Å². The van der Waals surface area contributed by atoms with Gasteiger partial charge in [0.05, 0.1) is 31.7 Å². The molecule has 16 heteroatoms. The summed E-state index contributed by atoms with van der Waals surface area (Å²) in [5.41, 5.74) is 2.23. The van der Waals surface area contributed by atoms with Gasteiger partial charge in [0.1, 0.15) is 0 Å². The molecule has 4 rings (SSSR count). The maximum absolute atomic E-state index is 12.3. The summed E-state index contributed by atoms with van der Waals surface area (Å²) in [5.74, 6) is -4.45. The fraction of sp³-hybridized carbons (Fsp3) is 0.500. The predicted molar refractivity (Wildman–Crippen MR) is 123 cm³/mol. The number of rotatable bonds is 6. The Kier molecular flexibility index (Phi) is 11.9. The van der Waals surface area contributed by atoms with E-state index in [-0.39, 0.29) is 12.0 Å². The SMILES string of the molecule is O=C(C[C@@H]1OC[C@H]2CN(Cc3ccoc3)CC[C@H]21)NCc1cccnc1.O=C(O)C(F)(F)F.O=C(O)C(F)(F)F. The number of amides is 1. The van der Waals surface area contributed by atoms with Gasteiger partial charge >= 0.3 is 24.3 Å². The van der Waals surface area contributed by atoms with Crippen molar-refractivity contribution in [3.05, 3.63) is 54.2 Å². The molecule has 2 aromatic heterocycles. The first-order valence-corrected chi connectivity index (χ1v) is 11.8. The van der Waals surface area contributed by atoms with Crippen molar-refractivity contribution < 1.29 is 60.1 Å². The number of carbonyl (C=O) groups is 3. The Morgan fingerprint density at radius 1 is 1.05 bits per heavy atom. The van der Waals surface area contributed by atoms with Crippen LogP contribution >= 0.6 is 0 Å². The number of ether oxygens (including phenoxy) is 1. The zero-order valence-corrected chi connectivity index (χ0v) is 20.8. The molecule has 0 unspecified atom stereocenters. The average Bonchev–Trinajstić information content (AvgIpc) is 3.53. The molecule has 2 saturated heterocycles. The summed E-state index contributed by atoms with van der Waals surface area (Å²) in [6.45, 7) is 4.28. The van der Waals surface area contributed by atoms with Gasteiger partial charge in [0.25, 0.3) is 0 Å². The van der Waals surface area contributed by atoms with Crippen LogP contribution in [0.25, 0.3) is 0 Å². The van der Waals surface area contributed by atoms with Gasteiger partial charge in [0, 0.05) is 43.5 Å². The lowest BCUT2D eigenvalue weighted by molar-refractivity contribution is -0.193. The van der Waals surface area contributed by atoms with Crippen molar-refractivity contribution in [1.29, 1.82) is 0 Å². The second-order valence-corrected chi connectivity index (χ2v) is 8.90. The molecule has 0 aliphatic carbocycles. The van der Waals surface area contributed by atoms with Crippen LogP contribution in [-0.2, 0) is 32.2 Å². The number of carboxylic acid groups (broad SMARTS) is 2. The first kappa shape index (κ1) is 32.6. The molecule has 40 heavy (non-hydrogen) atoms. The van der Waals surface area contributed by atoms with Crippen LogP contribution in [0.5, 0.6) is 0 Å². The van der Waals surface area contributed by atoms with Crippen LogP contribution in [0.15, 0.2) is 47.5 Å². The molecule has 0 aromatic carbocycles. The molecule has 3 N–H and O–H groups in total. The molecule has 4 heterocycles. The number of alkyl halides is 6. The molecule has 0 saturated carbocycles. The molecule has 0 bridgehead atoms. The standard InChI is InChI=1S/C20H25N3O3.2C2HF3O2/c24-20(22-10-15-2-1-5-21-9-15)8-19-18-3-6-23(12-17(18)14-26-19)11-16-4-7-25-13-16;2*3-2(4,5)1(6)7/h1-2,4-5,7,9,13,17-19H,3,6,8,10-12,14H2,(H,22,24);2*(H,6,7)/t17-,18-,19+;;/m1../s1. The van der Waals surface area contributed by atoms with Crippen LogP contribution in [-0.4, -0.2) is 76.1 Å². The maximum Gasteiger partial charge on any atom is 0.490 e. The minimum atomic E-state index is -5.08. The Balaban J connectivity index is 0.000000333. The highest BCUT2D eigenvalue weighted by molar-refractivity contribution is 5.76. The zero-order valence-electron chi connectivity index (χ0n) is 20.8. The number of aromatic nitrogens is 1. The number of pyridine rings is 1. The lowest BCUT2D eigenvalue weighted by atomic mass is 9.83. The molecule has 3 atom stereocenters. The van der Waals surface area contributed by atoms with Crippen molar-refractivity contribution in [2.75, 3.05) is 19.7 Å². The number of fused-ring (bicyclic) bond motifs is 1. The number of nitrogens with one attached hydrogen (secondary N) is 1. The third-order valence-corrected chi connectivity index (χ3v) is 5.95. The Morgan fingerprint density at radius 2 is 1.70 bits per heavy atom. The maximum atomic E-state index is 12.3. The van der Waals surface area contributed by atoms with E-state index in [1.54, 1.807) is 18.7 Å². The van der Waals surface area contributed by atoms with Crippen LogP contribution < -0.4 is 5.32 Å². The number of furan rings is 1. The highest BCUT2D eigenvalue weighted by atomic mass is 19.4. The fourth-order valence-electron chi connectivity index (χ4n) is 4.12. The Morgan fingerprint density at radius 3 is 2.23 bits per heavy atom. The van der Waals surface area contributed by atoms with Crippen LogP contribution in [0.1, 0.15) is 24.0 Å². The van der Waals surface area contributed by atoms with Crippen molar-refractivity contribution in [3.8, 4) is 0 Å². The van der Waals surface area contributed by atoms with E-state index < -0.39 is 24.3 Å². The van der Waals surface area contributed by atoms with Crippen molar-refractivity contribution in [1.82, 2.24) is 15.2 Å². The quantitative estimate of drug-likeness (QED) is 0.436. The van der Waals surface area contributed by atoms with E-state index in [2.05, 4.69) is 15.2 Å². The summed E-state index contributed by atoms with van der Waals surface area (Å²) in [6.07, 6.45) is -1.54. The molecular formula is C24H27F6N3O7. The number of nitrogens with zero attached hydrogens (tertiary/aromatic N) is 2. The Labute approximate surface area is 223 Å². The van der Waals surface area contributed by atoms with Crippen molar-refractivity contribution in [2.24, 2.45) is 11.8 Å². The van der Waals surface area contributed by atoms with E-state index in [1.807, 2.05) is 24.5 Å². The van der Waals surface area contributed by atoms with E-state index in [9.17, 15) is 31.1 Å².